The van der Waals surface area contributed by atoms with Gasteiger partial charge in [-0.05, 0) is 12.0 Å². The standard InChI is InChI=1S/C15H18N2/c1-2-3-5-10-15-16-11-14(12-17-15)13-8-6-4-7-9-13/h4,6-9,11-12H,2-3,5,10H2,1H3. The topological polar surface area (TPSA) is 25.8 Å². The lowest BCUT2D eigenvalue weighted by atomic mass is 10.1. The zero-order valence-electron chi connectivity index (χ0n) is 10.3. The normalized spacial score (nSPS) is 10.4. The molecule has 0 unspecified atom stereocenters. The van der Waals surface area contributed by atoms with Crippen LogP contribution in [0.3, 0.4) is 0 Å². The van der Waals surface area contributed by atoms with E-state index in [1.807, 2.05) is 30.6 Å². The highest BCUT2D eigenvalue weighted by molar-refractivity contribution is 5.60. The predicted octanol–water partition coefficient (Wildman–Crippen LogP) is 3.88. The molecule has 0 radical (unpaired) electrons. The van der Waals surface area contributed by atoms with E-state index in [-0.39, 0.29) is 0 Å². The van der Waals surface area contributed by atoms with E-state index in [9.17, 15) is 0 Å². The Morgan fingerprint density at radius 1 is 0.882 bits per heavy atom. The minimum Gasteiger partial charge on any atom is -0.241 e. The van der Waals surface area contributed by atoms with Gasteiger partial charge < -0.3 is 0 Å². The van der Waals surface area contributed by atoms with Crippen molar-refractivity contribution in [3.05, 3.63) is 48.5 Å². The first-order chi connectivity index (χ1) is 8.40. The predicted molar refractivity (Wildman–Crippen MR) is 70.7 cm³/mol. The smallest absolute Gasteiger partial charge is 0.128 e. The van der Waals surface area contributed by atoms with Crippen molar-refractivity contribution in [3.8, 4) is 11.1 Å². The van der Waals surface area contributed by atoms with E-state index in [2.05, 4.69) is 29.0 Å². The van der Waals surface area contributed by atoms with Gasteiger partial charge >= 0.3 is 0 Å². The van der Waals surface area contributed by atoms with Crippen LogP contribution >= 0.6 is 0 Å². The number of aryl methyl sites for hydroxylation is 1. The fourth-order valence-corrected chi connectivity index (χ4v) is 1.80. The van der Waals surface area contributed by atoms with E-state index >= 15 is 0 Å². The molecule has 1 heterocycles. The molecule has 0 amide bonds. The van der Waals surface area contributed by atoms with Crippen LogP contribution in [0, 0.1) is 0 Å². The summed E-state index contributed by atoms with van der Waals surface area (Å²) in [5.41, 5.74) is 2.26. The number of benzene rings is 1. The molecule has 17 heavy (non-hydrogen) atoms. The molecule has 0 aliphatic heterocycles. The molecular weight excluding hydrogens is 208 g/mol. The maximum absolute atomic E-state index is 4.42. The second-order valence-electron chi connectivity index (χ2n) is 4.21. The molecule has 0 saturated heterocycles. The van der Waals surface area contributed by atoms with Gasteiger partial charge in [0.25, 0.3) is 0 Å². The highest BCUT2D eigenvalue weighted by atomic mass is 14.9. The lowest BCUT2D eigenvalue weighted by Crippen LogP contribution is -1.95. The van der Waals surface area contributed by atoms with E-state index in [0.29, 0.717) is 0 Å². The van der Waals surface area contributed by atoms with E-state index in [1.54, 1.807) is 0 Å². The van der Waals surface area contributed by atoms with Crippen LogP contribution in [-0.2, 0) is 6.42 Å². The third-order valence-corrected chi connectivity index (χ3v) is 2.82. The fourth-order valence-electron chi connectivity index (χ4n) is 1.80. The monoisotopic (exact) mass is 226 g/mol. The van der Waals surface area contributed by atoms with Crippen LogP contribution in [0.15, 0.2) is 42.7 Å². The van der Waals surface area contributed by atoms with Crippen molar-refractivity contribution in [1.82, 2.24) is 9.97 Å². The minimum absolute atomic E-state index is 0.957. The van der Waals surface area contributed by atoms with Crippen molar-refractivity contribution in [2.45, 2.75) is 32.6 Å². The van der Waals surface area contributed by atoms with E-state index in [1.165, 1.54) is 24.8 Å². The molecule has 1 aromatic heterocycles. The third kappa shape index (κ3) is 3.38. The fraction of sp³-hybridized carbons (Fsp3) is 0.333. The molecule has 0 aliphatic carbocycles. The Balaban J connectivity index is 2.03. The Morgan fingerprint density at radius 2 is 1.59 bits per heavy atom. The maximum atomic E-state index is 4.42. The minimum atomic E-state index is 0.957. The van der Waals surface area contributed by atoms with Gasteiger partial charge in [-0.2, -0.15) is 0 Å². The van der Waals surface area contributed by atoms with Crippen LogP contribution in [0.5, 0.6) is 0 Å². The molecule has 0 spiro atoms. The van der Waals surface area contributed by atoms with Gasteiger partial charge in [0.2, 0.25) is 0 Å². The van der Waals surface area contributed by atoms with Crippen molar-refractivity contribution in [2.75, 3.05) is 0 Å². The van der Waals surface area contributed by atoms with Crippen molar-refractivity contribution >= 4 is 0 Å². The van der Waals surface area contributed by atoms with Crippen LogP contribution in [0.25, 0.3) is 11.1 Å². The summed E-state index contributed by atoms with van der Waals surface area (Å²) in [4.78, 5) is 8.83. The first-order valence-corrected chi connectivity index (χ1v) is 6.26. The maximum Gasteiger partial charge on any atom is 0.128 e. The molecule has 0 atom stereocenters. The SMILES string of the molecule is CCCCCc1ncc(-c2ccccc2)cn1. The average molecular weight is 226 g/mol. The molecule has 0 aliphatic rings. The molecule has 2 nitrogen and oxygen atoms in total. The van der Waals surface area contributed by atoms with Crippen LogP contribution < -0.4 is 0 Å². The molecule has 1 aromatic carbocycles. The van der Waals surface area contributed by atoms with Gasteiger partial charge in [0.05, 0.1) is 0 Å². The second-order valence-corrected chi connectivity index (χ2v) is 4.21. The molecule has 0 N–H and O–H groups in total. The van der Waals surface area contributed by atoms with Crippen LogP contribution in [0.1, 0.15) is 32.0 Å². The summed E-state index contributed by atoms with van der Waals surface area (Å²) in [5, 5.41) is 0. The van der Waals surface area contributed by atoms with Crippen molar-refractivity contribution in [3.63, 3.8) is 0 Å². The Bertz CT molecular complexity index is 434. The summed E-state index contributed by atoms with van der Waals surface area (Å²) >= 11 is 0. The van der Waals surface area contributed by atoms with Gasteiger partial charge in [0, 0.05) is 24.4 Å². The Hall–Kier alpha value is -1.70. The Morgan fingerprint density at radius 3 is 2.24 bits per heavy atom. The first-order valence-electron chi connectivity index (χ1n) is 6.26. The number of unbranched alkanes of at least 4 members (excludes halogenated alkanes) is 2. The van der Waals surface area contributed by atoms with Gasteiger partial charge in [-0.1, -0.05) is 50.1 Å². The van der Waals surface area contributed by atoms with E-state index < -0.39 is 0 Å². The zero-order chi connectivity index (χ0) is 11.9. The summed E-state index contributed by atoms with van der Waals surface area (Å²) in [7, 11) is 0. The third-order valence-electron chi connectivity index (χ3n) is 2.82. The molecule has 0 fully saturated rings. The Labute approximate surface area is 103 Å². The van der Waals surface area contributed by atoms with Crippen LogP contribution in [0.4, 0.5) is 0 Å². The summed E-state index contributed by atoms with van der Waals surface area (Å²) in [6, 6.07) is 10.2. The highest BCUT2D eigenvalue weighted by Gasteiger charge is 1.99. The average Bonchev–Trinajstić information content (AvgIpc) is 2.41. The van der Waals surface area contributed by atoms with E-state index in [0.717, 1.165) is 17.8 Å². The molecule has 2 heteroatoms. The molecular formula is C15H18N2. The number of aromatic nitrogens is 2. The molecule has 0 bridgehead atoms. The molecule has 88 valence electrons. The zero-order valence-corrected chi connectivity index (χ0v) is 10.3. The summed E-state index contributed by atoms with van der Waals surface area (Å²) in [6.07, 6.45) is 8.50. The van der Waals surface area contributed by atoms with Gasteiger partial charge in [-0.15, -0.1) is 0 Å². The summed E-state index contributed by atoms with van der Waals surface area (Å²) in [6.45, 7) is 2.21. The quantitative estimate of drug-likeness (QED) is 0.723. The largest absolute Gasteiger partial charge is 0.241 e. The van der Waals surface area contributed by atoms with Crippen molar-refractivity contribution in [2.24, 2.45) is 0 Å². The van der Waals surface area contributed by atoms with Crippen LogP contribution in [-0.4, -0.2) is 9.97 Å². The molecule has 0 saturated carbocycles. The first kappa shape index (κ1) is 11.8. The lowest BCUT2D eigenvalue weighted by molar-refractivity contribution is 0.693. The van der Waals surface area contributed by atoms with Gasteiger partial charge in [0.1, 0.15) is 5.82 Å². The number of hydrogen-bond acceptors (Lipinski definition) is 2. The van der Waals surface area contributed by atoms with Gasteiger partial charge in [-0.3, -0.25) is 0 Å². The second kappa shape index (κ2) is 6.14. The highest BCUT2D eigenvalue weighted by Crippen LogP contribution is 2.16. The molecule has 2 aromatic rings. The molecule has 2 rings (SSSR count). The summed E-state index contributed by atoms with van der Waals surface area (Å²) in [5.74, 6) is 0.957. The van der Waals surface area contributed by atoms with Crippen molar-refractivity contribution < 1.29 is 0 Å². The number of rotatable bonds is 5. The van der Waals surface area contributed by atoms with Gasteiger partial charge in [-0.25, -0.2) is 9.97 Å². The van der Waals surface area contributed by atoms with E-state index in [4.69, 9.17) is 0 Å². The van der Waals surface area contributed by atoms with Crippen LogP contribution in [0.2, 0.25) is 0 Å². The number of hydrogen-bond donors (Lipinski definition) is 0. The Kier molecular flexibility index (Phi) is 4.25. The lowest BCUT2D eigenvalue weighted by Gasteiger charge is -2.02. The summed E-state index contributed by atoms with van der Waals surface area (Å²) < 4.78 is 0. The number of nitrogens with zero attached hydrogens (tertiary/aromatic N) is 2. The van der Waals surface area contributed by atoms with Crippen molar-refractivity contribution in [1.29, 1.82) is 0 Å². The van der Waals surface area contributed by atoms with Gasteiger partial charge in [0.15, 0.2) is 0 Å².